The largest absolute Gasteiger partial charge is 0.494 e. The zero-order valence-corrected chi connectivity index (χ0v) is 14.4. The SMILES string of the molecule is COc1ccc([C@@H](C)NS(=O)(=O)N2CCC(OC)CC2)cc1F. The summed E-state index contributed by atoms with van der Waals surface area (Å²) in [7, 11) is -0.602. The number of nitrogens with zero attached hydrogens (tertiary/aromatic N) is 1. The van der Waals surface area contributed by atoms with Crippen LogP contribution in [0.15, 0.2) is 18.2 Å². The lowest BCUT2D eigenvalue weighted by Crippen LogP contribution is -2.46. The molecule has 0 radical (unpaired) electrons. The second-order valence-electron chi connectivity index (χ2n) is 5.57. The van der Waals surface area contributed by atoms with Crippen molar-refractivity contribution >= 4 is 10.2 Å². The maximum atomic E-state index is 13.8. The first-order chi connectivity index (χ1) is 10.9. The van der Waals surface area contributed by atoms with Gasteiger partial charge in [-0.2, -0.15) is 17.4 Å². The minimum absolute atomic E-state index is 0.106. The van der Waals surface area contributed by atoms with E-state index in [1.54, 1.807) is 20.1 Å². The average molecular weight is 346 g/mol. The van der Waals surface area contributed by atoms with Gasteiger partial charge in [-0.15, -0.1) is 0 Å². The van der Waals surface area contributed by atoms with Crippen LogP contribution in [-0.2, 0) is 14.9 Å². The molecule has 0 bridgehead atoms. The molecule has 1 saturated heterocycles. The van der Waals surface area contributed by atoms with Crippen molar-refractivity contribution < 1.29 is 22.3 Å². The Morgan fingerprint density at radius 2 is 1.96 bits per heavy atom. The number of halogens is 1. The summed E-state index contributed by atoms with van der Waals surface area (Å²) in [6, 6.07) is 3.87. The Balaban J connectivity index is 2.04. The van der Waals surface area contributed by atoms with Crippen LogP contribution >= 0.6 is 0 Å². The van der Waals surface area contributed by atoms with Gasteiger partial charge in [-0.25, -0.2) is 4.39 Å². The van der Waals surface area contributed by atoms with Crippen LogP contribution in [0.3, 0.4) is 0 Å². The van der Waals surface area contributed by atoms with Gasteiger partial charge in [0.25, 0.3) is 10.2 Å². The van der Waals surface area contributed by atoms with E-state index in [2.05, 4.69) is 4.72 Å². The van der Waals surface area contributed by atoms with E-state index in [0.29, 0.717) is 31.5 Å². The third kappa shape index (κ3) is 4.41. The molecule has 0 aliphatic carbocycles. The maximum absolute atomic E-state index is 13.8. The predicted octanol–water partition coefficient (Wildman–Crippen LogP) is 1.84. The summed E-state index contributed by atoms with van der Waals surface area (Å²) in [5.41, 5.74) is 0.540. The van der Waals surface area contributed by atoms with Crippen molar-refractivity contribution in [3.63, 3.8) is 0 Å². The number of hydrogen-bond acceptors (Lipinski definition) is 4. The monoisotopic (exact) mass is 346 g/mol. The molecule has 130 valence electrons. The van der Waals surface area contributed by atoms with Gasteiger partial charge in [0.15, 0.2) is 11.6 Å². The number of methoxy groups -OCH3 is 2. The van der Waals surface area contributed by atoms with Crippen molar-refractivity contribution in [1.29, 1.82) is 0 Å². The molecule has 8 heteroatoms. The summed E-state index contributed by atoms with van der Waals surface area (Å²) in [5.74, 6) is -0.387. The topological polar surface area (TPSA) is 67.9 Å². The van der Waals surface area contributed by atoms with Crippen molar-refractivity contribution in [2.45, 2.75) is 31.9 Å². The first-order valence-corrected chi connectivity index (χ1v) is 8.95. The van der Waals surface area contributed by atoms with Gasteiger partial charge in [0.05, 0.1) is 13.2 Å². The highest BCUT2D eigenvalue weighted by Crippen LogP contribution is 2.23. The van der Waals surface area contributed by atoms with Crippen LogP contribution in [0.25, 0.3) is 0 Å². The van der Waals surface area contributed by atoms with E-state index in [4.69, 9.17) is 9.47 Å². The van der Waals surface area contributed by atoms with Crippen molar-refractivity contribution in [2.24, 2.45) is 0 Å². The number of rotatable bonds is 6. The van der Waals surface area contributed by atoms with Crippen molar-refractivity contribution in [2.75, 3.05) is 27.3 Å². The van der Waals surface area contributed by atoms with Crippen LogP contribution in [0.1, 0.15) is 31.4 Å². The molecule has 0 aromatic heterocycles. The number of piperidine rings is 1. The molecule has 0 amide bonds. The van der Waals surface area contributed by atoms with E-state index < -0.39 is 22.1 Å². The van der Waals surface area contributed by atoms with Crippen LogP contribution in [0, 0.1) is 5.82 Å². The summed E-state index contributed by atoms with van der Waals surface area (Å²) in [4.78, 5) is 0. The number of ether oxygens (including phenoxy) is 2. The standard InChI is InChI=1S/C15H23FN2O4S/c1-11(12-4-5-15(22-3)14(16)10-12)17-23(19,20)18-8-6-13(21-2)7-9-18/h4-5,10-11,13,17H,6-9H2,1-3H3/t11-/m1/s1. The Morgan fingerprint density at radius 1 is 1.30 bits per heavy atom. The Labute approximate surface area is 136 Å². The quantitative estimate of drug-likeness (QED) is 0.853. The first kappa shape index (κ1) is 18.1. The average Bonchev–Trinajstić information content (AvgIpc) is 2.54. The highest BCUT2D eigenvalue weighted by Gasteiger charge is 2.29. The highest BCUT2D eigenvalue weighted by molar-refractivity contribution is 7.87. The Bertz CT molecular complexity index is 630. The zero-order chi connectivity index (χ0) is 17.0. The van der Waals surface area contributed by atoms with E-state index in [1.165, 1.54) is 23.5 Å². The van der Waals surface area contributed by atoms with Gasteiger partial charge >= 0.3 is 0 Å². The minimum Gasteiger partial charge on any atom is -0.494 e. The molecule has 1 N–H and O–H groups in total. The van der Waals surface area contributed by atoms with Gasteiger partial charge in [0, 0.05) is 26.2 Å². The second-order valence-corrected chi connectivity index (χ2v) is 7.27. The maximum Gasteiger partial charge on any atom is 0.279 e. The van der Waals surface area contributed by atoms with E-state index in [9.17, 15) is 12.8 Å². The summed E-state index contributed by atoms with van der Waals surface area (Å²) in [6.45, 7) is 2.51. The molecule has 2 rings (SSSR count). The summed E-state index contributed by atoms with van der Waals surface area (Å²) in [6.07, 6.45) is 1.45. The van der Waals surface area contributed by atoms with Crippen LogP contribution in [-0.4, -0.2) is 46.1 Å². The number of benzene rings is 1. The molecule has 1 aliphatic heterocycles. The summed E-state index contributed by atoms with van der Waals surface area (Å²) < 4.78 is 52.7. The van der Waals surface area contributed by atoms with E-state index in [1.807, 2.05) is 0 Å². The molecule has 6 nitrogen and oxygen atoms in total. The molecule has 23 heavy (non-hydrogen) atoms. The summed E-state index contributed by atoms with van der Waals surface area (Å²) >= 11 is 0. The molecule has 1 aromatic carbocycles. The number of nitrogens with one attached hydrogen (secondary N) is 1. The van der Waals surface area contributed by atoms with Crippen LogP contribution < -0.4 is 9.46 Å². The predicted molar refractivity (Wildman–Crippen MR) is 85.0 cm³/mol. The van der Waals surface area contributed by atoms with Crippen molar-refractivity contribution in [3.8, 4) is 5.75 Å². The van der Waals surface area contributed by atoms with Crippen molar-refractivity contribution in [1.82, 2.24) is 9.03 Å². The van der Waals surface area contributed by atoms with Crippen molar-refractivity contribution in [3.05, 3.63) is 29.6 Å². The molecule has 1 aromatic rings. The molecule has 1 aliphatic rings. The van der Waals surface area contributed by atoms with Crippen LogP contribution in [0.5, 0.6) is 5.75 Å². The molecule has 1 heterocycles. The molecular weight excluding hydrogens is 323 g/mol. The lowest BCUT2D eigenvalue weighted by molar-refractivity contribution is 0.0601. The van der Waals surface area contributed by atoms with Gasteiger partial charge in [-0.3, -0.25) is 0 Å². The van der Waals surface area contributed by atoms with E-state index in [0.717, 1.165) is 0 Å². The third-order valence-electron chi connectivity index (χ3n) is 4.08. The van der Waals surface area contributed by atoms with Crippen LogP contribution in [0.2, 0.25) is 0 Å². The third-order valence-corrected chi connectivity index (χ3v) is 5.77. The number of hydrogen-bond donors (Lipinski definition) is 1. The minimum atomic E-state index is -3.62. The lowest BCUT2D eigenvalue weighted by Gasteiger charge is -2.31. The zero-order valence-electron chi connectivity index (χ0n) is 13.6. The molecule has 0 unspecified atom stereocenters. The normalized spacial score (nSPS) is 18.8. The van der Waals surface area contributed by atoms with Gasteiger partial charge in [0.2, 0.25) is 0 Å². The van der Waals surface area contributed by atoms with Gasteiger partial charge in [-0.1, -0.05) is 6.07 Å². The summed E-state index contributed by atoms with van der Waals surface area (Å²) in [5, 5.41) is 0. The van der Waals surface area contributed by atoms with Crippen LogP contribution in [0.4, 0.5) is 4.39 Å². The van der Waals surface area contributed by atoms with E-state index >= 15 is 0 Å². The van der Waals surface area contributed by atoms with E-state index in [-0.39, 0.29) is 11.9 Å². The fourth-order valence-electron chi connectivity index (χ4n) is 2.63. The van der Waals surface area contributed by atoms with Gasteiger partial charge in [-0.05, 0) is 37.5 Å². The fraction of sp³-hybridized carbons (Fsp3) is 0.600. The van der Waals surface area contributed by atoms with Gasteiger partial charge < -0.3 is 9.47 Å². The highest BCUT2D eigenvalue weighted by atomic mass is 32.2. The smallest absolute Gasteiger partial charge is 0.279 e. The second kappa shape index (κ2) is 7.57. The Morgan fingerprint density at radius 3 is 2.48 bits per heavy atom. The molecule has 0 saturated carbocycles. The fourth-order valence-corrected chi connectivity index (χ4v) is 4.05. The molecular formula is C15H23FN2O4S. The lowest BCUT2D eigenvalue weighted by atomic mass is 10.1. The Hall–Kier alpha value is -1.22. The molecule has 1 atom stereocenters. The van der Waals surface area contributed by atoms with Gasteiger partial charge in [0.1, 0.15) is 0 Å². The first-order valence-electron chi connectivity index (χ1n) is 7.51. The Kier molecular flexibility index (Phi) is 5.96. The molecule has 0 spiro atoms. The molecule has 1 fully saturated rings.